The van der Waals surface area contributed by atoms with E-state index in [9.17, 15) is 4.79 Å². The van der Waals surface area contributed by atoms with Crippen LogP contribution in [-0.4, -0.2) is 18.2 Å². The highest BCUT2D eigenvalue weighted by Gasteiger charge is 2.15. The predicted molar refractivity (Wildman–Crippen MR) is 53.6 cm³/mol. The number of nitriles is 1. The van der Waals surface area contributed by atoms with Gasteiger partial charge in [0.15, 0.2) is 0 Å². The topological polar surface area (TPSA) is 62.1 Å². The van der Waals surface area contributed by atoms with Gasteiger partial charge in [0.2, 0.25) is 0 Å². The Hall–Kier alpha value is -1.50. The smallest absolute Gasteiger partial charge is 0.407 e. The van der Waals surface area contributed by atoms with Crippen molar-refractivity contribution in [2.45, 2.75) is 33.3 Å². The third kappa shape index (κ3) is 7.17. The molecule has 0 aromatic carbocycles. The van der Waals surface area contributed by atoms with Gasteiger partial charge in [0.25, 0.3) is 0 Å². The zero-order chi connectivity index (χ0) is 11.2. The first kappa shape index (κ1) is 12.5. The number of alkyl carbamates (subject to hydrolysis) is 1. The maximum absolute atomic E-state index is 11.1. The molecule has 0 aromatic heterocycles. The summed E-state index contributed by atoms with van der Waals surface area (Å²) in [4.78, 5) is 11.1. The average molecular weight is 196 g/mol. The van der Waals surface area contributed by atoms with Gasteiger partial charge in [-0.1, -0.05) is 0 Å². The van der Waals surface area contributed by atoms with Gasteiger partial charge < -0.3 is 10.1 Å². The maximum Gasteiger partial charge on any atom is 0.407 e. The first-order chi connectivity index (χ1) is 6.35. The van der Waals surface area contributed by atoms with Crippen LogP contribution in [0.3, 0.4) is 0 Å². The number of ether oxygens (including phenoxy) is 1. The van der Waals surface area contributed by atoms with Gasteiger partial charge in [-0.2, -0.15) is 5.26 Å². The number of nitrogens with zero attached hydrogens (tertiary/aromatic N) is 1. The number of carbonyl (C=O) groups is 1. The van der Waals surface area contributed by atoms with Crippen molar-refractivity contribution in [1.29, 1.82) is 5.26 Å². The van der Waals surface area contributed by atoms with Crippen molar-refractivity contribution < 1.29 is 9.53 Å². The molecule has 0 aliphatic rings. The molecule has 1 N–H and O–H groups in total. The summed E-state index contributed by atoms with van der Waals surface area (Å²) in [5, 5.41) is 10.9. The normalized spacial score (nSPS) is 11.8. The molecule has 0 aromatic rings. The van der Waals surface area contributed by atoms with Gasteiger partial charge in [0.05, 0.1) is 6.07 Å². The first-order valence-corrected chi connectivity index (χ1v) is 4.37. The maximum atomic E-state index is 11.1. The molecule has 0 bridgehead atoms. The molecule has 0 radical (unpaired) electrons. The van der Waals surface area contributed by atoms with Crippen LogP contribution < -0.4 is 5.32 Å². The number of hydrogen-bond acceptors (Lipinski definition) is 3. The fourth-order valence-electron chi connectivity index (χ4n) is 0.687. The molecule has 0 aliphatic carbocycles. The van der Waals surface area contributed by atoms with Gasteiger partial charge in [-0.3, -0.25) is 0 Å². The molecule has 4 heteroatoms. The van der Waals surface area contributed by atoms with Crippen LogP contribution in [0.25, 0.3) is 0 Å². The van der Waals surface area contributed by atoms with Crippen LogP contribution in [0.4, 0.5) is 4.79 Å². The summed E-state index contributed by atoms with van der Waals surface area (Å²) in [5.41, 5.74) is 0.301. The second kappa shape index (κ2) is 5.28. The van der Waals surface area contributed by atoms with Crippen molar-refractivity contribution in [3.05, 3.63) is 11.6 Å². The van der Waals surface area contributed by atoms with E-state index in [-0.39, 0.29) is 0 Å². The molecule has 0 aliphatic heterocycles. The molecule has 0 heterocycles. The Morgan fingerprint density at radius 3 is 2.57 bits per heavy atom. The number of rotatable bonds is 2. The highest BCUT2D eigenvalue weighted by molar-refractivity contribution is 5.68. The van der Waals surface area contributed by atoms with Gasteiger partial charge in [0.1, 0.15) is 5.60 Å². The number of amides is 1. The van der Waals surface area contributed by atoms with Crippen molar-refractivity contribution in [3.8, 4) is 6.07 Å². The van der Waals surface area contributed by atoms with E-state index in [1.54, 1.807) is 27.7 Å². The van der Waals surface area contributed by atoms with Crippen molar-refractivity contribution in [3.63, 3.8) is 0 Å². The molecule has 14 heavy (non-hydrogen) atoms. The highest BCUT2D eigenvalue weighted by atomic mass is 16.6. The molecule has 78 valence electrons. The molecule has 0 saturated heterocycles. The summed E-state index contributed by atoms with van der Waals surface area (Å²) in [6, 6.07) is 1.89. The van der Waals surface area contributed by atoms with Crippen LogP contribution in [0.15, 0.2) is 11.6 Å². The Bertz CT molecular complexity index is 269. The van der Waals surface area contributed by atoms with E-state index in [4.69, 9.17) is 10.00 Å². The molecule has 0 fully saturated rings. The van der Waals surface area contributed by atoms with E-state index >= 15 is 0 Å². The van der Waals surface area contributed by atoms with Gasteiger partial charge in [0, 0.05) is 12.6 Å². The van der Waals surface area contributed by atoms with Crippen molar-refractivity contribution in [2.24, 2.45) is 0 Å². The summed E-state index contributed by atoms with van der Waals surface area (Å²) < 4.78 is 5.01. The Morgan fingerprint density at radius 1 is 1.57 bits per heavy atom. The lowest BCUT2D eigenvalue weighted by Gasteiger charge is -2.19. The number of allylic oxidation sites excluding steroid dienone is 1. The minimum atomic E-state index is -0.489. The SMILES string of the molecule is CC(=CC#N)CNC(=O)OC(C)(C)C. The van der Waals surface area contributed by atoms with E-state index in [1.807, 2.05) is 6.07 Å². The van der Waals surface area contributed by atoms with Gasteiger partial charge in [-0.15, -0.1) is 0 Å². The summed E-state index contributed by atoms with van der Waals surface area (Å²) in [6.07, 6.45) is 0.917. The zero-order valence-corrected chi connectivity index (χ0v) is 9.05. The molecular formula is C10H16N2O2. The fourth-order valence-corrected chi connectivity index (χ4v) is 0.687. The Balaban J connectivity index is 3.88. The summed E-state index contributed by atoms with van der Waals surface area (Å²) in [5.74, 6) is 0. The van der Waals surface area contributed by atoms with Crippen LogP contribution in [0.5, 0.6) is 0 Å². The molecule has 0 saturated carbocycles. The summed E-state index contributed by atoms with van der Waals surface area (Å²) in [6.45, 7) is 7.49. The van der Waals surface area contributed by atoms with E-state index in [0.717, 1.165) is 5.57 Å². The van der Waals surface area contributed by atoms with Crippen molar-refractivity contribution >= 4 is 6.09 Å². The average Bonchev–Trinajstić information content (AvgIpc) is 1.98. The first-order valence-electron chi connectivity index (χ1n) is 4.37. The Morgan fingerprint density at radius 2 is 2.14 bits per heavy atom. The third-order valence-corrected chi connectivity index (χ3v) is 1.22. The standard InChI is InChI=1S/C10H16N2O2/c1-8(5-6-11)7-12-9(13)14-10(2,3)4/h5H,7H2,1-4H3,(H,12,13). The van der Waals surface area contributed by atoms with E-state index in [1.165, 1.54) is 6.08 Å². The van der Waals surface area contributed by atoms with Gasteiger partial charge in [-0.05, 0) is 33.3 Å². The van der Waals surface area contributed by atoms with Crippen molar-refractivity contribution in [1.82, 2.24) is 5.32 Å². The zero-order valence-electron chi connectivity index (χ0n) is 9.05. The quantitative estimate of drug-likeness (QED) is 0.687. The van der Waals surface area contributed by atoms with Crippen molar-refractivity contribution in [2.75, 3.05) is 6.54 Å². The number of carbonyl (C=O) groups excluding carboxylic acids is 1. The van der Waals surface area contributed by atoms with E-state index in [0.29, 0.717) is 6.54 Å². The van der Waals surface area contributed by atoms with E-state index < -0.39 is 11.7 Å². The molecule has 4 nitrogen and oxygen atoms in total. The van der Waals surface area contributed by atoms with Gasteiger partial charge >= 0.3 is 6.09 Å². The molecule has 0 atom stereocenters. The largest absolute Gasteiger partial charge is 0.444 e. The lowest BCUT2D eigenvalue weighted by Crippen LogP contribution is -2.33. The van der Waals surface area contributed by atoms with Gasteiger partial charge in [-0.25, -0.2) is 4.79 Å². The number of nitrogens with one attached hydrogen (secondary N) is 1. The minimum Gasteiger partial charge on any atom is -0.444 e. The second-order valence-corrected chi connectivity index (χ2v) is 3.98. The molecule has 0 spiro atoms. The fraction of sp³-hybridized carbons (Fsp3) is 0.600. The molecule has 1 amide bonds. The third-order valence-electron chi connectivity index (χ3n) is 1.22. The van der Waals surface area contributed by atoms with Crippen LogP contribution in [0.2, 0.25) is 0 Å². The molecule has 0 rings (SSSR count). The Labute approximate surface area is 84.6 Å². The second-order valence-electron chi connectivity index (χ2n) is 3.98. The molecule has 0 unspecified atom stereocenters. The van der Waals surface area contributed by atoms with Crippen LogP contribution in [-0.2, 0) is 4.74 Å². The monoisotopic (exact) mass is 196 g/mol. The Kier molecular flexibility index (Phi) is 4.71. The van der Waals surface area contributed by atoms with Crippen LogP contribution in [0.1, 0.15) is 27.7 Å². The lowest BCUT2D eigenvalue weighted by molar-refractivity contribution is 0.0532. The van der Waals surface area contributed by atoms with Crippen LogP contribution >= 0.6 is 0 Å². The summed E-state index contributed by atoms with van der Waals surface area (Å²) >= 11 is 0. The van der Waals surface area contributed by atoms with E-state index in [2.05, 4.69) is 5.32 Å². The summed E-state index contributed by atoms with van der Waals surface area (Å²) in [7, 11) is 0. The number of hydrogen-bond donors (Lipinski definition) is 1. The molecular weight excluding hydrogens is 180 g/mol. The minimum absolute atomic E-state index is 0.336. The van der Waals surface area contributed by atoms with Crippen LogP contribution in [0, 0.1) is 11.3 Å². The lowest BCUT2D eigenvalue weighted by atomic mass is 10.2. The highest BCUT2D eigenvalue weighted by Crippen LogP contribution is 2.06. The predicted octanol–water partition coefficient (Wildman–Crippen LogP) is 1.98.